The number of Topliss-reactive ketones (excluding diaryl/α,β-unsaturated/α-hetero) is 2. The van der Waals surface area contributed by atoms with Crippen LogP contribution in [0.5, 0.6) is 0 Å². The summed E-state index contributed by atoms with van der Waals surface area (Å²) >= 11 is 0. The summed E-state index contributed by atoms with van der Waals surface area (Å²) in [6.45, 7) is 6.11. The van der Waals surface area contributed by atoms with E-state index in [2.05, 4.69) is 0 Å². The molecule has 0 rings (SSSR count). The fourth-order valence-electron chi connectivity index (χ4n) is 0. The Morgan fingerprint density at radius 3 is 0.692 bits per heavy atom. The van der Waals surface area contributed by atoms with Crippen LogP contribution in [0.25, 0.3) is 0 Å². The molecule has 0 saturated carbocycles. The molecule has 0 spiro atoms. The van der Waals surface area contributed by atoms with E-state index in [4.69, 9.17) is 10.2 Å². The summed E-state index contributed by atoms with van der Waals surface area (Å²) in [5.74, 6) is 0.333. The SMILES string of the molecule is CC(C)=O.CC(C)=O.CO.CO.[Ti]. The van der Waals surface area contributed by atoms with E-state index in [1.165, 1.54) is 27.7 Å². The Bertz CT molecular complexity index is 74.1. The first-order chi connectivity index (χ1) is 5.46. The molecule has 5 heteroatoms. The number of aliphatic hydroxyl groups excluding tert-OH is 2. The van der Waals surface area contributed by atoms with Gasteiger partial charge in [-0.05, 0) is 27.7 Å². The first-order valence-corrected chi connectivity index (χ1v) is 3.30. The summed E-state index contributed by atoms with van der Waals surface area (Å²) < 4.78 is 0. The van der Waals surface area contributed by atoms with Crippen LogP contribution in [0.15, 0.2) is 0 Å². The van der Waals surface area contributed by atoms with Crippen LogP contribution < -0.4 is 0 Å². The van der Waals surface area contributed by atoms with Gasteiger partial charge in [-0.25, -0.2) is 0 Å². The first kappa shape index (κ1) is 29.3. The molecule has 0 aliphatic carbocycles. The molecule has 0 aromatic heterocycles. The summed E-state index contributed by atoms with van der Waals surface area (Å²) in [5, 5.41) is 14.0. The third-order valence-corrected chi connectivity index (χ3v) is 0. The number of carbonyl (C=O) groups excluding carboxylic acids is 2. The van der Waals surface area contributed by atoms with Gasteiger partial charge >= 0.3 is 0 Å². The van der Waals surface area contributed by atoms with Crippen molar-refractivity contribution in [1.29, 1.82) is 0 Å². The molecule has 0 amide bonds. The van der Waals surface area contributed by atoms with E-state index >= 15 is 0 Å². The summed E-state index contributed by atoms with van der Waals surface area (Å²) in [4.78, 5) is 18.9. The van der Waals surface area contributed by atoms with Crippen LogP contribution >= 0.6 is 0 Å². The molecule has 0 aromatic carbocycles. The van der Waals surface area contributed by atoms with Crippen molar-refractivity contribution >= 4 is 11.6 Å². The van der Waals surface area contributed by atoms with Crippen LogP contribution in [-0.4, -0.2) is 36.0 Å². The molecule has 2 N–H and O–H groups in total. The minimum absolute atomic E-state index is 0. The van der Waals surface area contributed by atoms with Crippen molar-refractivity contribution in [1.82, 2.24) is 0 Å². The molecular formula is C8H20O4Ti. The van der Waals surface area contributed by atoms with Gasteiger partial charge in [-0.3, -0.25) is 0 Å². The van der Waals surface area contributed by atoms with Gasteiger partial charge in [0.2, 0.25) is 0 Å². The van der Waals surface area contributed by atoms with Crippen LogP contribution in [0.4, 0.5) is 0 Å². The zero-order valence-corrected chi connectivity index (χ0v) is 10.8. The minimum atomic E-state index is 0. The normalized spacial score (nSPS) is 4.92. The van der Waals surface area contributed by atoms with E-state index in [1.54, 1.807) is 0 Å². The zero-order valence-electron chi connectivity index (χ0n) is 9.21. The molecule has 0 radical (unpaired) electrons. The summed E-state index contributed by atoms with van der Waals surface area (Å²) in [7, 11) is 2.00. The van der Waals surface area contributed by atoms with Gasteiger partial charge in [-0.1, -0.05) is 0 Å². The molecule has 0 unspecified atom stereocenters. The second-order valence-corrected chi connectivity index (χ2v) is 1.82. The summed E-state index contributed by atoms with van der Waals surface area (Å²) in [6.07, 6.45) is 0. The van der Waals surface area contributed by atoms with Gasteiger partial charge in [0.05, 0.1) is 0 Å². The Morgan fingerprint density at radius 1 is 0.692 bits per heavy atom. The monoisotopic (exact) mass is 228 g/mol. The first-order valence-electron chi connectivity index (χ1n) is 3.30. The number of aliphatic hydroxyl groups is 2. The maximum Gasteiger partial charge on any atom is 0.126 e. The van der Waals surface area contributed by atoms with Gasteiger partial charge in [0.25, 0.3) is 0 Å². The van der Waals surface area contributed by atoms with E-state index in [0.29, 0.717) is 0 Å². The van der Waals surface area contributed by atoms with E-state index in [1.807, 2.05) is 0 Å². The number of hydrogen-bond acceptors (Lipinski definition) is 4. The van der Waals surface area contributed by atoms with Crippen LogP contribution in [-0.2, 0) is 31.3 Å². The van der Waals surface area contributed by atoms with Crippen LogP contribution in [0.2, 0.25) is 0 Å². The second kappa shape index (κ2) is 40.4. The van der Waals surface area contributed by atoms with Crippen LogP contribution in [0.1, 0.15) is 27.7 Å². The predicted molar refractivity (Wildman–Crippen MR) is 49.0 cm³/mol. The van der Waals surface area contributed by atoms with Crippen molar-refractivity contribution in [3.8, 4) is 0 Å². The fraction of sp³-hybridized carbons (Fsp3) is 0.750. The van der Waals surface area contributed by atoms with E-state index in [0.717, 1.165) is 14.2 Å². The summed E-state index contributed by atoms with van der Waals surface area (Å²) in [5.41, 5.74) is 0. The average molecular weight is 228 g/mol. The van der Waals surface area contributed by atoms with Crippen LogP contribution in [0, 0.1) is 0 Å². The molecule has 0 fully saturated rings. The number of rotatable bonds is 0. The molecule has 0 heterocycles. The molecule has 0 saturated heterocycles. The van der Waals surface area contributed by atoms with Crippen molar-refractivity contribution in [3.63, 3.8) is 0 Å². The minimum Gasteiger partial charge on any atom is -0.400 e. The number of hydrogen-bond donors (Lipinski definition) is 2. The Labute approximate surface area is 95.2 Å². The standard InChI is InChI=1S/2C3H6O.2CH4O.Ti/c2*1-3(2)4;2*1-2;/h2*1-2H3;2*2H,1H3;. The molecule has 0 bridgehead atoms. The Hall–Kier alpha value is -0.0257. The Balaban J connectivity index is -0.0000000226. The Morgan fingerprint density at radius 2 is 0.692 bits per heavy atom. The maximum atomic E-state index is 9.44. The number of ketones is 2. The van der Waals surface area contributed by atoms with Gasteiger partial charge in [0.15, 0.2) is 0 Å². The van der Waals surface area contributed by atoms with Crippen molar-refractivity contribution in [3.05, 3.63) is 0 Å². The second-order valence-electron chi connectivity index (χ2n) is 1.82. The smallest absolute Gasteiger partial charge is 0.126 e. The summed E-state index contributed by atoms with van der Waals surface area (Å²) in [6, 6.07) is 0. The van der Waals surface area contributed by atoms with E-state index < -0.39 is 0 Å². The topological polar surface area (TPSA) is 74.6 Å². The third-order valence-electron chi connectivity index (χ3n) is 0. The van der Waals surface area contributed by atoms with Crippen molar-refractivity contribution in [2.45, 2.75) is 27.7 Å². The third kappa shape index (κ3) is 1800000. The molecule has 0 aliphatic rings. The molecule has 0 atom stereocenters. The average Bonchev–Trinajstić information content (AvgIpc) is 1.93. The Kier molecular flexibility index (Phi) is 90.9. The largest absolute Gasteiger partial charge is 0.400 e. The van der Waals surface area contributed by atoms with Gasteiger partial charge in [0.1, 0.15) is 11.6 Å². The van der Waals surface area contributed by atoms with Gasteiger partial charge in [0, 0.05) is 35.9 Å². The van der Waals surface area contributed by atoms with Crippen molar-refractivity contribution in [2.24, 2.45) is 0 Å². The molecule has 0 aromatic rings. The van der Waals surface area contributed by atoms with Gasteiger partial charge in [-0.15, -0.1) is 0 Å². The van der Waals surface area contributed by atoms with E-state index in [-0.39, 0.29) is 33.3 Å². The molecular weight excluding hydrogens is 208 g/mol. The zero-order chi connectivity index (χ0) is 11.2. The van der Waals surface area contributed by atoms with E-state index in [9.17, 15) is 9.59 Å². The molecule has 13 heavy (non-hydrogen) atoms. The van der Waals surface area contributed by atoms with Crippen molar-refractivity contribution in [2.75, 3.05) is 14.2 Å². The molecule has 4 nitrogen and oxygen atoms in total. The maximum absolute atomic E-state index is 9.44. The number of carbonyl (C=O) groups is 2. The molecule has 80 valence electrons. The van der Waals surface area contributed by atoms with Gasteiger partial charge < -0.3 is 19.8 Å². The molecule has 0 aliphatic heterocycles. The fourth-order valence-corrected chi connectivity index (χ4v) is 0. The quantitative estimate of drug-likeness (QED) is 0.588. The predicted octanol–water partition coefficient (Wildman–Crippen LogP) is 0.405. The van der Waals surface area contributed by atoms with Crippen molar-refractivity contribution < 1.29 is 41.5 Å². The van der Waals surface area contributed by atoms with Gasteiger partial charge in [-0.2, -0.15) is 0 Å². The van der Waals surface area contributed by atoms with Crippen LogP contribution in [0.3, 0.4) is 0 Å².